The summed E-state index contributed by atoms with van der Waals surface area (Å²) in [5.74, 6) is -2.26. The van der Waals surface area contributed by atoms with Gasteiger partial charge in [-0.1, -0.05) is 0 Å². The fraction of sp³-hybridized carbons (Fsp3) is 0.568. The van der Waals surface area contributed by atoms with Gasteiger partial charge in [-0.05, 0) is 56.9 Å². The summed E-state index contributed by atoms with van der Waals surface area (Å²) in [7, 11) is 0. The Bertz CT molecular complexity index is 1730. The summed E-state index contributed by atoms with van der Waals surface area (Å²) in [5.41, 5.74) is 6.55. The SMILES string of the molecule is CCOCCOCCCC(=O)NCCCOCCOCCOCCCNC(=O)CC[C@@H](NC(=O)c1ccc(NCc2cnc3nc(N)[nH]c(=O)c3n2)cc1)C(=O)O. The average molecular weight is 802 g/mol. The van der Waals surface area contributed by atoms with Gasteiger partial charge in [0.1, 0.15) is 6.04 Å². The number of aromatic amines is 1. The van der Waals surface area contributed by atoms with Crippen LogP contribution in [-0.2, 0) is 44.6 Å². The number of carbonyl (C=O) groups excluding carboxylic acids is 3. The van der Waals surface area contributed by atoms with E-state index in [4.69, 9.17) is 29.4 Å². The fourth-order valence-electron chi connectivity index (χ4n) is 4.98. The number of carboxylic acid groups (broad SMARTS) is 1. The largest absolute Gasteiger partial charge is 0.480 e. The highest BCUT2D eigenvalue weighted by Gasteiger charge is 2.22. The molecule has 0 aliphatic carbocycles. The van der Waals surface area contributed by atoms with E-state index >= 15 is 0 Å². The summed E-state index contributed by atoms with van der Waals surface area (Å²) >= 11 is 0. The zero-order valence-electron chi connectivity index (χ0n) is 32.3. The number of rotatable bonds is 31. The van der Waals surface area contributed by atoms with E-state index < -0.39 is 23.5 Å². The summed E-state index contributed by atoms with van der Waals surface area (Å²) in [6.07, 6.45) is 3.63. The van der Waals surface area contributed by atoms with Crippen LogP contribution < -0.4 is 32.6 Å². The molecule has 0 aliphatic rings. The van der Waals surface area contributed by atoms with Crippen molar-refractivity contribution in [3.63, 3.8) is 0 Å². The lowest BCUT2D eigenvalue weighted by Crippen LogP contribution is -2.41. The molecule has 20 heteroatoms. The van der Waals surface area contributed by atoms with Gasteiger partial charge in [0, 0.05) is 63.6 Å². The molecule has 0 bridgehead atoms. The van der Waals surface area contributed by atoms with Crippen molar-refractivity contribution in [2.45, 2.75) is 58.0 Å². The molecule has 0 saturated heterocycles. The molecule has 3 aromatic rings. The van der Waals surface area contributed by atoms with E-state index in [1.165, 1.54) is 18.3 Å². The summed E-state index contributed by atoms with van der Waals surface area (Å²) < 4.78 is 27.1. The van der Waals surface area contributed by atoms with Crippen LogP contribution in [0.4, 0.5) is 11.6 Å². The summed E-state index contributed by atoms with van der Waals surface area (Å²) in [6, 6.07) is 5.05. The molecule has 0 radical (unpaired) electrons. The number of nitrogens with one attached hydrogen (secondary N) is 5. The predicted octanol–water partition coefficient (Wildman–Crippen LogP) is 0.766. The van der Waals surface area contributed by atoms with Crippen molar-refractivity contribution in [2.75, 3.05) is 90.2 Å². The Labute approximate surface area is 330 Å². The molecule has 20 nitrogen and oxygen atoms in total. The van der Waals surface area contributed by atoms with Crippen molar-refractivity contribution in [2.24, 2.45) is 0 Å². The highest BCUT2D eigenvalue weighted by Crippen LogP contribution is 2.12. The van der Waals surface area contributed by atoms with Crippen LogP contribution in [0.3, 0.4) is 0 Å². The third-order valence-corrected chi connectivity index (χ3v) is 7.96. The summed E-state index contributed by atoms with van der Waals surface area (Å²) in [5, 5.41) is 20.8. The lowest BCUT2D eigenvalue weighted by atomic mass is 10.1. The highest BCUT2D eigenvalue weighted by atomic mass is 16.5. The molecule has 57 heavy (non-hydrogen) atoms. The van der Waals surface area contributed by atoms with E-state index in [1.807, 2.05) is 6.92 Å². The Hall–Kier alpha value is -5.28. The number of ether oxygens (including phenoxy) is 5. The number of hydrogen-bond donors (Lipinski definition) is 7. The first-order chi connectivity index (χ1) is 27.7. The third kappa shape index (κ3) is 19.4. The monoisotopic (exact) mass is 801 g/mol. The van der Waals surface area contributed by atoms with Gasteiger partial charge in [0.05, 0.1) is 58.1 Å². The van der Waals surface area contributed by atoms with Gasteiger partial charge in [0.15, 0.2) is 11.2 Å². The Morgan fingerprint density at radius 3 is 1.98 bits per heavy atom. The topological polar surface area (TPSA) is 280 Å². The lowest BCUT2D eigenvalue weighted by molar-refractivity contribution is -0.139. The molecule has 0 saturated carbocycles. The van der Waals surface area contributed by atoms with E-state index in [0.29, 0.717) is 116 Å². The van der Waals surface area contributed by atoms with Gasteiger partial charge in [-0.15, -0.1) is 0 Å². The van der Waals surface area contributed by atoms with Gasteiger partial charge in [0.25, 0.3) is 11.5 Å². The smallest absolute Gasteiger partial charge is 0.326 e. The van der Waals surface area contributed by atoms with Gasteiger partial charge in [-0.3, -0.25) is 24.2 Å². The molecule has 2 heterocycles. The van der Waals surface area contributed by atoms with Crippen molar-refractivity contribution < 1.29 is 48.0 Å². The summed E-state index contributed by atoms with van der Waals surface area (Å²) in [6.45, 7) is 7.90. The first kappa shape index (κ1) is 46.1. The van der Waals surface area contributed by atoms with Crippen molar-refractivity contribution in [1.29, 1.82) is 0 Å². The maximum atomic E-state index is 12.8. The number of benzene rings is 1. The number of aliphatic carboxylic acids is 1. The van der Waals surface area contributed by atoms with Gasteiger partial charge in [-0.2, -0.15) is 4.98 Å². The maximum Gasteiger partial charge on any atom is 0.326 e. The van der Waals surface area contributed by atoms with Crippen molar-refractivity contribution in [3.05, 3.63) is 52.1 Å². The number of H-pyrrole nitrogens is 1. The van der Waals surface area contributed by atoms with E-state index in [-0.39, 0.29) is 53.9 Å². The Kier molecular flexibility index (Phi) is 22.1. The number of hydrogen-bond acceptors (Lipinski definition) is 15. The predicted molar refractivity (Wildman–Crippen MR) is 209 cm³/mol. The molecule has 3 amide bonds. The van der Waals surface area contributed by atoms with Crippen LogP contribution in [-0.4, -0.2) is 134 Å². The number of nitrogen functional groups attached to an aromatic ring is 1. The second-order valence-corrected chi connectivity index (χ2v) is 12.5. The second kappa shape index (κ2) is 27.3. The van der Waals surface area contributed by atoms with E-state index in [0.717, 1.165) is 0 Å². The molecule has 8 N–H and O–H groups in total. The number of fused-ring (bicyclic) bond motifs is 1. The first-order valence-corrected chi connectivity index (χ1v) is 19.0. The Morgan fingerprint density at radius 2 is 1.37 bits per heavy atom. The van der Waals surface area contributed by atoms with E-state index in [9.17, 15) is 29.1 Å². The van der Waals surface area contributed by atoms with E-state index in [1.54, 1.807) is 12.1 Å². The third-order valence-electron chi connectivity index (χ3n) is 7.96. The Morgan fingerprint density at radius 1 is 0.789 bits per heavy atom. The Balaban J connectivity index is 1.16. The molecule has 314 valence electrons. The zero-order chi connectivity index (χ0) is 41.1. The molecule has 0 fully saturated rings. The normalized spacial score (nSPS) is 11.6. The molecule has 3 rings (SSSR count). The van der Waals surface area contributed by atoms with Crippen LogP contribution in [0, 0.1) is 0 Å². The van der Waals surface area contributed by atoms with Gasteiger partial charge in [-0.25, -0.2) is 14.8 Å². The van der Waals surface area contributed by atoms with Crippen LogP contribution in [0.2, 0.25) is 0 Å². The number of anilines is 2. The second-order valence-electron chi connectivity index (χ2n) is 12.5. The summed E-state index contributed by atoms with van der Waals surface area (Å²) in [4.78, 5) is 75.4. The van der Waals surface area contributed by atoms with Crippen molar-refractivity contribution >= 4 is 46.5 Å². The zero-order valence-corrected chi connectivity index (χ0v) is 32.3. The van der Waals surface area contributed by atoms with Gasteiger partial charge in [0.2, 0.25) is 17.8 Å². The lowest BCUT2D eigenvalue weighted by Gasteiger charge is -2.15. The number of carbonyl (C=O) groups is 4. The van der Waals surface area contributed by atoms with Crippen LogP contribution >= 0.6 is 0 Å². The molecule has 2 aromatic heterocycles. The van der Waals surface area contributed by atoms with E-state index in [2.05, 4.69) is 41.2 Å². The molecular weight excluding hydrogens is 746 g/mol. The molecule has 0 spiro atoms. The highest BCUT2D eigenvalue weighted by molar-refractivity contribution is 5.97. The number of nitrogens with two attached hydrogens (primary N) is 1. The number of amides is 3. The molecular formula is C37H55N9O11. The van der Waals surface area contributed by atoms with Gasteiger partial charge < -0.3 is 55.8 Å². The van der Waals surface area contributed by atoms with Crippen LogP contribution in [0.1, 0.15) is 61.5 Å². The fourth-order valence-corrected chi connectivity index (χ4v) is 4.98. The standard InChI is InChI=1S/C37H55N9O11/c1-2-53-18-19-54-15-3-6-30(47)39-13-4-16-55-20-22-57-23-21-56-17-5-14-40-31(48)12-11-29(36(51)52)44-34(49)26-7-9-27(10-8-26)41-24-28-25-42-33-32(43-28)35(50)46-37(38)45-33/h7-10,25,29,41H,2-6,11-24H2,1H3,(H,39,47)(H,40,48)(H,44,49)(H,51,52)(H3,38,42,45,46,50)/t29-/m1/s1. The van der Waals surface area contributed by atoms with Crippen molar-refractivity contribution in [1.82, 2.24) is 35.9 Å². The first-order valence-electron chi connectivity index (χ1n) is 19.0. The average Bonchev–Trinajstić information content (AvgIpc) is 3.19. The maximum absolute atomic E-state index is 12.8. The quantitative estimate of drug-likeness (QED) is 0.0443. The number of carboxylic acids is 1. The minimum absolute atomic E-state index is 0.00372. The van der Waals surface area contributed by atoms with Crippen molar-refractivity contribution in [3.8, 4) is 0 Å². The minimum atomic E-state index is -1.26. The number of aromatic nitrogens is 4. The minimum Gasteiger partial charge on any atom is -0.480 e. The molecule has 1 atom stereocenters. The van der Waals surface area contributed by atoms with Crippen LogP contribution in [0.15, 0.2) is 35.3 Å². The molecule has 1 aromatic carbocycles. The van der Waals surface area contributed by atoms with Crippen LogP contribution in [0.5, 0.6) is 0 Å². The number of nitrogens with zero attached hydrogens (tertiary/aromatic N) is 3. The van der Waals surface area contributed by atoms with Gasteiger partial charge >= 0.3 is 5.97 Å². The van der Waals surface area contributed by atoms with Crippen LogP contribution in [0.25, 0.3) is 11.2 Å². The molecule has 0 aliphatic heterocycles. The molecule has 0 unspecified atom stereocenters.